The minimum absolute atomic E-state index is 0.682. The molecular formula is C11H17NS. The maximum Gasteiger partial charge on any atom is 0.0904 e. The first-order valence-corrected chi connectivity index (χ1v) is 5.73. The lowest BCUT2D eigenvalue weighted by atomic mass is 10.00. The third-order valence-electron chi connectivity index (χ3n) is 2.00. The zero-order chi connectivity index (χ0) is 9.84. The van der Waals surface area contributed by atoms with Crippen molar-refractivity contribution < 1.29 is 0 Å². The number of allylic oxidation sites excluding steroid dienone is 1. The van der Waals surface area contributed by atoms with E-state index >= 15 is 0 Å². The van der Waals surface area contributed by atoms with Crippen LogP contribution in [0.1, 0.15) is 48.7 Å². The van der Waals surface area contributed by atoms with Gasteiger partial charge in [0, 0.05) is 4.88 Å². The molecule has 0 aromatic carbocycles. The molecule has 0 N–H and O–H groups in total. The molecule has 2 heteroatoms. The van der Waals surface area contributed by atoms with Crippen molar-refractivity contribution in [3.63, 3.8) is 0 Å². The minimum Gasteiger partial charge on any atom is -0.242 e. The highest BCUT2D eigenvalue weighted by atomic mass is 32.1. The molecule has 0 bridgehead atoms. The maximum atomic E-state index is 4.43. The maximum absolute atomic E-state index is 4.43. The smallest absolute Gasteiger partial charge is 0.0904 e. The molecule has 1 aromatic heterocycles. The molecule has 1 aliphatic rings. The Kier molecular flexibility index (Phi) is 3.67. The molecule has 0 spiro atoms. The summed E-state index contributed by atoms with van der Waals surface area (Å²) in [6, 6.07) is 0. The average molecular weight is 195 g/mol. The zero-order valence-corrected chi connectivity index (χ0v) is 9.61. The van der Waals surface area contributed by atoms with Crippen LogP contribution in [0.15, 0.2) is 6.08 Å². The second kappa shape index (κ2) is 4.56. The van der Waals surface area contributed by atoms with E-state index in [1.807, 2.05) is 25.2 Å². The first-order chi connectivity index (χ1) is 6.27. The molecule has 72 valence electrons. The van der Waals surface area contributed by atoms with Crippen molar-refractivity contribution >= 4 is 17.4 Å². The molecule has 13 heavy (non-hydrogen) atoms. The topological polar surface area (TPSA) is 12.9 Å². The summed E-state index contributed by atoms with van der Waals surface area (Å²) in [7, 11) is 0. The lowest BCUT2D eigenvalue weighted by Gasteiger charge is -2.10. The molecule has 1 nitrogen and oxygen atoms in total. The van der Waals surface area contributed by atoms with Crippen LogP contribution in [0.4, 0.5) is 0 Å². The van der Waals surface area contributed by atoms with Crippen LogP contribution < -0.4 is 0 Å². The van der Waals surface area contributed by atoms with Gasteiger partial charge >= 0.3 is 0 Å². The largest absolute Gasteiger partial charge is 0.242 e. The number of aryl methyl sites for hydroxylation is 1. The van der Waals surface area contributed by atoms with E-state index in [1.165, 1.54) is 22.0 Å². The van der Waals surface area contributed by atoms with Crippen LogP contribution in [0.25, 0.3) is 6.08 Å². The van der Waals surface area contributed by atoms with Gasteiger partial charge in [-0.3, -0.25) is 0 Å². The monoisotopic (exact) mass is 195 g/mol. The molecule has 1 unspecified atom stereocenters. The van der Waals surface area contributed by atoms with Crippen molar-refractivity contribution in [2.24, 2.45) is 0 Å². The van der Waals surface area contributed by atoms with E-state index < -0.39 is 0 Å². The highest BCUT2D eigenvalue weighted by molar-refractivity contribution is 7.11. The predicted octanol–water partition coefficient (Wildman–Crippen LogP) is 4.00. The number of hydrogen-bond donors (Lipinski definition) is 0. The lowest BCUT2D eigenvalue weighted by molar-refractivity contribution is 0.785. The summed E-state index contributed by atoms with van der Waals surface area (Å²) in [6.07, 6.45) is 5.53. The Hall–Kier alpha value is -0.630. The molecule has 1 aliphatic carbocycles. The van der Waals surface area contributed by atoms with E-state index in [2.05, 4.69) is 31.0 Å². The van der Waals surface area contributed by atoms with Gasteiger partial charge in [0.25, 0.3) is 0 Å². The molecule has 1 atom stereocenters. The molecular weight excluding hydrogens is 178 g/mol. The molecule has 0 aliphatic heterocycles. The lowest BCUT2D eigenvalue weighted by Crippen LogP contribution is -1.95. The van der Waals surface area contributed by atoms with Gasteiger partial charge in [-0.05, 0) is 25.3 Å². The van der Waals surface area contributed by atoms with Crippen LogP contribution in [0.3, 0.4) is 0 Å². The van der Waals surface area contributed by atoms with Crippen molar-refractivity contribution in [1.82, 2.24) is 4.98 Å². The summed E-state index contributed by atoms with van der Waals surface area (Å²) >= 11 is 1.84. The highest BCUT2D eigenvalue weighted by Crippen LogP contribution is 2.33. The summed E-state index contributed by atoms with van der Waals surface area (Å²) in [5, 5.41) is 1.19. The highest BCUT2D eigenvalue weighted by Gasteiger charge is 2.15. The Morgan fingerprint density at radius 3 is 2.77 bits per heavy atom. The molecule has 0 saturated carbocycles. The summed E-state index contributed by atoms with van der Waals surface area (Å²) < 4.78 is 0. The quantitative estimate of drug-likeness (QED) is 0.610. The van der Waals surface area contributed by atoms with Gasteiger partial charge in [0.15, 0.2) is 0 Å². The molecule has 1 aromatic rings. The summed E-state index contributed by atoms with van der Waals surface area (Å²) in [6.45, 7) is 8.34. The van der Waals surface area contributed by atoms with Gasteiger partial charge in [-0.2, -0.15) is 0 Å². The van der Waals surface area contributed by atoms with Crippen molar-refractivity contribution in [2.45, 2.75) is 40.0 Å². The Labute approximate surface area is 84.5 Å². The van der Waals surface area contributed by atoms with Crippen LogP contribution in [0, 0.1) is 6.92 Å². The van der Waals surface area contributed by atoms with Gasteiger partial charge in [0.1, 0.15) is 0 Å². The van der Waals surface area contributed by atoms with Gasteiger partial charge in [-0.25, -0.2) is 4.98 Å². The fourth-order valence-electron chi connectivity index (χ4n) is 1.42. The number of nitrogens with zero attached hydrogens (tertiary/aromatic N) is 1. The molecule has 0 amide bonds. The second-order valence-corrected chi connectivity index (χ2v) is 4.26. The van der Waals surface area contributed by atoms with E-state index in [1.54, 1.807) is 0 Å². The minimum atomic E-state index is 0.682. The van der Waals surface area contributed by atoms with E-state index in [4.69, 9.17) is 0 Å². The third-order valence-corrected chi connectivity index (χ3v) is 3.22. The summed E-state index contributed by atoms with van der Waals surface area (Å²) in [5.41, 5.74) is 1.20. The molecule has 0 fully saturated rings. The van der Waals surface area contributed by atoms with Gasteiger partial charge in [0.2, 0.25) is 0 Å². The first kappa shape index (κ1) is 10.5. The Morgan fingerprint density at radius 1 is 1.46 bits per heavy atom. The van der Waals surface area contributed by atoms with Crippen molar-refractivity contribution in [3.05, 3.63) is 21.7 Å². The summed E-state index contributed by atoms with van der Waals surface area (Å²) in [4.78, 5) is 5.90. The third kappa shape index (κ3) is 2.19. The molecule has 2 rings (SSSR count). The number of hydrogen-bond acceptors (Lipinski definition) is 2. The van der Waals surface area contributed by atoms with Gasteiger partial charge in [-0.15, -0.1) is 11.3 Å². The van der Waals surface area contributed by atoms with Crippen molar-refractivity contribution in [1.29, 1.82) is 0 Å². The van der Waals surface area contributed by atoms with Crippen LogP contribution >= 0.6 is 11.3 Å². The van der Waals surface area contributed by atoms with Gasteiger partial charge in [-0.1, -0.05) is 26.8 Å². The number of aromatic nitrogens is 1. The zero-order valence-electron chi connectivity index (χ0n) is 8.79. The SMILES string of the molecule is CC.Cc1nc2c(s1)C(C)CC=C2. The fourth-order valence-corrected chi connectivity index (χ4v) is 2.40. The Bertz CT molecular complexity index is 299. The Morgan fingerprint density at radius 2 is 2.15 bits per heavy atom. The predicted molar refractivity (Wildman–Crippen MR) is 60.3 cm³/mol. The standard InChI is InChI=1S/C9H11NS.C2H6/c1-6-4-3-5-8-9(6)11-7(2)10-8;1-2/h3,5-6H,4H2,1-2H3;1-2H3. The van der Waals surface area contributed by atoms with Crippen molar-refractivity contribution in [2.75, 3.05) is 0 Å². The Balaban J connectivity index is 0.000000396. The normalized spacial score (nSPS) is 18.9. The number of thiazole rings is 1. The van der Waals surface area contributed by atoms with Crippen LogP contribution in [-0.4, -0.2) is 4.98 Å². The van der Waals surface area contributed by atoms with Crippen LogP contribution in [-0.2, 0) is 0 Å². The van der Waals surface area contributed by atoms with Crippen LogP contribution in [0.2, 0.25) is 0 Å². The second-order valence-electron chi connectivity index (χ2n) is 3.02. The van der Waals surface area contributed by atoms with E-state index in [0.717, 1.165) is 0 Å². The first-order valence-electron chi connectivity index (χ1n) is 4.91. The molecule has 0 saturated heterocycles. The fraction of sp³-hybridized carbons (Fsp3) is 0.545. The van der Waals surface area contributed by atoms with Crippen LogP contribution in [0.5, 0.6) is 0 Å². The van der Waals surface area contributed by atoms with E-state index in [9.17, 15) is 0 Å². The number of rotatable bonds is 0. The average Bonchev–Trinajstić information content (AvgIpc) is 2.51. The molecule has 0 radical (unpaired) electrons. The van der Waals surface area contributed by atoms with Gasteiger partial charge < -0.3 is 0 Å². The van der Waals surface area contributed by atoms with Gasteiger partial charge in [0.05, 0.1) is 10.7 Å². The van der Waals surface area contributed by atoms with E-state index in [-0.39, 0.29) is 0 Å². The number of fused-ring (bicyclic) bond motifs is 1. The summed E-state index contributed by atoms with van der Waals surface area (Å²) in [5.74, 6) is 0.682. The molecule has 1 heterocycles. The van der Waals surface area contributed by atoms with E-state index in [0.29, 0.717) is 5.92 Å². The van der Waals surface area contributed by atoms with Crippen molar-refractivity contribution in [3.8, 4) is 0 Å².